The molecule has 1 nitrogen and oxygen atoms in total. The summed E-state index contributed by atoms with van der Waals surface area (Å²) in [7, 11) is 1.81. The maximum Gasteiger partial charge on any atom is 0.0639 e. The number of allylic oxidation sites excluding steroid dienone is 2. The number of aryl methyl sites for hydroxylation is 1. The van der Waals surface area contributed by atoms with Crippen LogP contribution in [0, 0.1) is 6.92 Å². The highest BCUT2D eigenvalue weighted by atomic mass is 14.7. The largest absolute Gasteiger partial charge is 0.288 e. The summed E-state index contributed by atoms with van der Waals surface area (Å²) in [6.45, 7) is 4.08. The predicted octanol–water partition coefficient (Wildman–Crippen LogP) is 2.99. The van der Waals surface area contributed by atoms with Gasteiger partial charge in [0, 0.05) is 7.05 Å². The number of rotatable bonds is 2. The first kappa shape index (κ1) is 9.72. The summed E-state index contributed by atoms with van der Waals surface area (Å²) in [5.74, 6) is 0. The smallest absolute Gasteiger partial charge is 0.0639 e. The summed E-state index contributed by atoms with van der Waals surface area (Å²) in [6.07, 6.45) is 4.02. The van der Waals surface area contributed by atoms with Crippen LogP contribution in [0.4, 0.5) is 0 Å². The third-order valence-electron chi connectivity index (χ3n) is 1.91. The minimum atomic E-state index is 1.03. The van der Waals surface area contributed by atoms with Gasteiger partial charge in [0.1, 0.15) is 0 Å². The zero-order valence-corrected chi connectivity index (χ0v) is 8.41. The van der Waals surface area contributed by atoms with Crippen LogP contribution in [0.1, 0.15) is 18.1 Å². The second kappa shape index (κ2) is 4.61. The van der Waals surface area contributed by atoms with Crippen LogP contribution in [0.5, 0.6) is 0 Å². The summed E-state index contributed by atoms with van der Waals surface area (Å²) in [4.78, 5) is 4.21. The van der Waals surface area contributed by atoms with E-state index in [4.69, 9.17) is 0 Å². The lowest BCUT2D eigenvalue weighted by Crippen LogP contribution is -1.95. The Labute approximate surface area is 79.8 Å². The normalized spacial score (nSPS) is 12.4. The van der Waals surface area contributed by atoms with Crippen LogP contribution < -0.4 is 0 Å². The molecule has 13 heavy (non-hydrogen) atoms. The fourth-order valence-corrected chi connectivity index (χ4v) is 1.18. The van der Waals surface area contributed by atoms with Gasteiger partial charge in [0.15, 0.2) is 0 Å². The molecule has 0 radical (unpaired) electrons. The predicted molar refractivity (Wildman–Crippen MR) is 58.5 cm³/mol. The van der Waals surface area contributed by atoms with Crippen molar-refractivity contribution in [2.45, 2.75) is 13.8 Å². The molecular weight excluding hydrogens is 158 g/mol. The Balaban J connectivity index is 3.00. The molecule has 0 aliphatic carbocycles. The molecule has 0 bridgehead atoms. The molecule has 0 atom stereocenters. The molecule has 0 aromatic heterocycles. The number of hydrogen-bond donors (Lipinski definition) is 0. The topological polar surface area (TPSA) is 12.4 Å². The lowest BCUT2D eigenvalue weighted by Gasteiger charge is -2.00. The summed E-state index contributed by atoms with van der Waals surface area (Å²) in [5, 5.41) is 0. The number of hydrogen-bond acceptors (Lipinski definition) is 1. The van der Waals surface area contributed by atoms with Gasteiger partial charge in [-0.3, -0.25) is 4.99 Å². The van der Waals surface area contributed by atoms with E-state index in [0.29, 0.717) is 0 Å². The fraction of sp³-hybridized carbons (Fsp3) is 0.250. The van der Waals surface area contributed by atoms with Gasteiger partial charge in [-0.25, -0.2) is 0 Å². The fourth-order valence-electron chi connectivity index (χ4n) is 1.18. The zero-order chi connectivity index (χ0) is 9.68. The van der Waals surface area contributed by atoms with E-state index < -0.39 is 0 Å². The molecule has 0 unspecified atom stereocenters. The summed E-state index contributed by atoms with van der Waals surface area (Å²) in [5.41, 5.74) is 3.48. The van der Waals surface area contributed by atoms with E-state index in [1.807, 2.05) is 26.1 Å². The second-order valence-corrected chi connectivity index (χ2v) is 2.97. The zero-order valence-electron chi connectivity index (χ0n) is 8.41. The molecule has 0 saturated heterocycles. The van der Waals surface area contributed by atoms with Gasteiger partial charge in [-0.15, -0.1) is 0 Å². The Morgan fingerprint density at radius 2 is 1.85 bits per heavy atom. The van der Waals surface area contributed by atoms with Crippen molar-refractivity contribution < 1.29 is 0 Å². The van der Waals surface area contributed by atoms with Gasteiger partial charge in [-0.05, 0) is 25.5 Å². The minimum Gasteiger partial charge on any atom is -0.288 e. The molecule has 0 amide bonds. The average Bonchev–Trinajstić information content (AvgIpc) is 2.16. The Hall–Kier alpha value is -1.37. The first-order chi connectivity index (χ1) is 6.27. The van der Waals surface area contributed by atoms with Crippen LogP contribution in [0.2, 0.25) is 0 Å². The SMILES string of the molecule is C/C=C\C(=N/C)c1ccc(C)cc1. The third-order valence-corrected chi connectivity index (χ3v) is 1.91. The molecule has 0 N–H and O–H groups in total. The lowest BCUT2D eigenvalue weighted by atomic mass is 10.1. The van der Waals surface area contributed by atoms with Gasteiger partial charge >= 0.3 is 0 Å². The van der Waals surface area contributed by atoms with E-state index in [1.54, 1.807) is 0 Å². The highest BCUT2D eigenvalue weighted by molar-refractivity contribution is 6.08. The van der Waals surface area contributed by atoms with Gasteiger partial charge in [-0.2, -0.15) is 0 Å². The highest BCUT2D eigenvalue weighted by Gasteiger charge is 1.96. The van der Waals surface area contributed by atoms with Crippen molar-refractivity contribution in [2.75, 3.05) is 7.05 Å². The van der Waals surface area contributed by atoms with Gasteiger partial charge in [-0.1, -0.05) is 35.9 Å². The second-order valence-electron chi connectivity index (χ2n) is 2.97. The molecule has 0 aliphatic heterocycles. The van der Waals surface area contributed by atoms with E-state index in [9.17, 15) is 0 Å². The number of aliphatic imine (C=N–C) groups is 1. The molecule has 0 spiro atoms. The van der Waals surface area contributed by atoms with E-state index in [2.05, 4.69) is 36.2 Å². The van der Waals surface area contributed by atoms with Crippen LogP contribution in [0.3, 0.4) is 0 Å². The monoisotopic (exact) mass is 173 g/mol. The van der Waals surface area contributed by atoms with Crippen molar-refractivity contribution in [3.05, 3.63) is 47.5 Å². The van der Waals surface area contributed by atoms with Crippen LogP contribution in [-0.4, -0.2) is 12.8 Å². The van der Waals surface area contributed by atoms with E-state index >= 15 is 0 Å². The van der Waals surface area contributed by atoms with Gasteiger partial charge in [0.2, 0.25) is 0 Å². The minimum absolute atomic E-state index is 1.03. The molecule has 68 valence electrons. The maximum absolute atomic E-state index is 4.21. The van der Waals surface area contributed by atoms with Crippen molar-refractivity contribution in [1.29, 1.82) is 0 Å². The average molecular weight is 173 g/mol. The number of nitrogens with zero attached hydrogens (tertiary/aromatic N) is 1. The first-order valence-corrected chi connectivity index (χ1v) is 4.44. The van der Waals surface area contributed by atoms with Crippen molar-refractivity contribution >= 4 is 5.71 Å². The van der Waals surface area contributed by atoms with Crippen molar-refractivity contribution in [1.82, 2.24) is 0 Å². The molecule has 1 aromatic rings. The molecular formula is C12H15N. The Morgan fingerprint density at radius 3 is 2.31 bits per heavy atom. The molecule has 1 heteroatoms. The van der Waals surface area contributed by atoms with Crippen LogP contribution in [0.15, 0.2) is 41.4 Å². The Bertz CT molecular complexity index is 317. The number of benzene rings is 1. The Morgan fingerprint density at radius 1 is 1.23 bits per heavy atom. The van der Waals surface area contributed by atoms with E-state index in [0.717, 1.165) is 5.71 Å². The van der Waals surface area contributed by atoms with Crippen molar-refractivity contribution in [3.63, 3.8) is 0 Å². The first-order valence-electron chi connectivity index (χ1n) is 4.44. The highest BCUT2D eigenvalue weighted by Crippen LogP contribution is 2.05. The van der Waals surface area contributed by atoms with Gasteiger partial charge in [0.05, 0.1) is 5.71 Å². The lowest BCUT2D eigenvalue weighted by molar-refractivity contribution is 1.41. The van der Waals surface area contributed by atoms with E-state index in [-0.39, 0.29) is 0 Å². The molecule has 0 aliphatic rings. The van der Waals surface area contributed by atoms with Gasteiger partial charge in [0.25, 0.3) is 0 Å². The van der Waals surface area contributed by atoms with Crippen molar-refractivity contribution in [2.24, 2.45) is 4.99 Å². The molecule has 0 fully saturated rings. The van der Waals surface area contributed by atoms with Crippen LogP contribution >= 0.6 is 0 Å². The van der Waals surface area contributed by atoms with Crippen molar-refractivity contribution in [3.8, 4) is 0 Å². The third kappa shape index (κ3) is 2.55. The summed E-state index contributed by atoms with van der Waals surface area (Å²) < 4.78 is 0. The molecule has 0 heterocycles. The standard InChI is InChI=1S/C12H15N/c1-4-5-12(13-3)11-8-6-10(2)7-9-11/h4-9H,1-3H3/b5-4-,13-12+. The maximum atomic E-state index is 4.21. The summed E-state index contributed by atoms with van der Waals surface area (Å²) in [6, 6.07) is 8.39. The summed E-state index contributed by atoms with van der Waals surface area (Å²) >= 11 is 0. The molecule has 1 aromatic carbocycles. The van der Waals surface area contributed by atoms with Crippen LogP contribution in [0.25, 0.3) is 0 Å². The van der Waals surface area contributed by atoms with Gasteiger partial charge < -0.3 is 0 Å². The molecule has 1 rings (SSSR count). The Kier molecular flexibility index (Phi) is 3.44. The van der Waals surface area contributed by atoms with Crippen LogP contribution in [-0.2, 0) is 0 Å². The quantitative estimate of drug-likeness (QED) is 0.610. The molecule has 0 saturated carbocycles. The van der Waals surface area contributed by atoms with E-state index in [1.165, 1.54) is 11.1 Å².